The van der Waals surface area contributed by atoms with Gasteiger partial charge in [-0.25, -0.2) is 4.68 Å². The lowest BCUT2D eigenvalue weighted by Gasteiger charge is -2.12. The highest BCUT2D eigenvalue weighted by atomic mass is 16.4. The van der Waals surface area contributed by atoms with Crippen molar-refractivity contribution in [2.75, 3.05) is 5.32 Å². The second kappa shape index (κ2) is 6.47. The number of hydrogen-bond donors (Lipinski definition) is 2. The SMILES string of the molecule is Cc1cc(C)n(-c2cccc(NC(=O)[C@@H]3CC[C@H](C(=O)O)C3)c2)n1. The molecule has 6 nitrogen and oxygen atoms in total. The number of benzene rings is 1. The minimum Gasteiger partial charge on any atom is -0.481 e. The van der Waals surface area contributed by atoms with Crippen LogP contribution in [0.5, 0.6) is 0 Å². The second-order valence-electron chi connectivity index (χ2n) is 6.42. The summed E-state index contributed by atoms with van der Waals surface area (Å²) in [5, 5.41) is 16.4. The van der Waals surface area contributed by atoms with Crippen molar-refractivity contribution in [3.63, 3.8) is 0 Å². The Balaban J connectivity index is 1.72. The van der Waals surface area contributed by atoms with Crippen LogP contribution in [0.1, 0.15) is 30.7 Å². The monoisotopic (exact) mass is 327 g/mol. The van der Waals surface area contributed by atoms with Crippen LogP contribution in [0.4, 0.5) is 5.69 Å². The summed E-state index contributed by atoms with van der Waals surface area (Å²) >= 11 is 0. The Hall–Kier alpha value is -2.63. The van der Waals surface area contributed by atoms with Gasteiger partial charge in [0.2, 0.25) is 5.91 Å². The number of anilines is 1. The van der Waals surface area contributed by atoms with E-state index in [9.17, 15) is 9.59 Å². The molecule has 1 fully saturated rings. The number of hydrogen-bond acceptors (Lipinski definition) is 3. The molecule has 24 heavy (non-hydrogen) atoms. The molecule has 1 amide bonds. The Morgan fingerprint density at radius 3 is 2.58 bits per heavy atom. The quantitative estimate of drug-likeness (QED) is 0.904. The highest BCUT2D eigenvalue weighted by Crippen LogP contribution is 2.32. The summed E-state index contributed by atoms with van der Waals surface area (Å²) in [4.78, 5) is 23.4. The summed E-state index contributed by atoms with van der Waals surface area (Å²) in [6.07, 6.45) is 1.61. The van der Waals surface area contributed by atoms with Gasteiger partial charge < -0.3 is 10.4 Å². The van der Waals surface area contributed by atoms with Crippen molar-refractivity contribution in [1.82, 2.24) is 9.78 Å². The number of carboxylic acid groups (broad SMARTS) is 1. The van der Waals surface area contributed by atoms with E-state index in [4.69, 9.17) is 5.11 Å². The van der Waals surface area contributed by atoms with Crippen molar-refractivity contribution >= 4 is 17.6 Å². The van der Waals surface area contributed by atoms with Crippen LogP contribution >= 0.6 is 0 Å². The number of amides is 1. The van der Waals surface area contributed by atoms with Crippen LogP contribution in [0.3, 0.4) is 0 Å². The standard InChI is InChI=1S/C18H21N3O3/c1-11-8-12(2)21(20-11)16-5-3-4-15(10-16)19-17(22)13-6-7-14(9-13)18(23)24/h3-5,8,10,13-14H,6-7,9H2,1-2H3,(H,19,22)(H,23,24)/t13-,14+/m1/s1. The predicted octanol–water partition coefficient (Wildman–Crippen LogP) is 2.93. The number of aliphatic carboxylic acids is 1. The lowest BCUT2D eigenvalue weighted by atomic mass is 10.0. The molecular formula is C18H21N3O3. The molecular weight excluding hydrogens is 306 g/mol. The molecule has 1 saturated carbocycles. The Morgan fingerprint density at radius 2 is 1.96 bits per heavy atom. The van der Waals surface area contributed by atoms with E-state index in [1.165, 1.54) is 0 Å². The van der Waals surface area contributed by atoms with Gasteiger partial charge in [0.15, 0.2) is 0 Å². The van der Waals surface area contributed by atoms with Crippen LogP contribution in [0.15, 0.2) is 30.3 Å². The molecule has 0 saturated heterocycles. The van der Waals surface area contributed by atoms with Gasteiger partial charge in [-0.2, -0.15) is 5.10 Å². The Labute approximate surface area is 140 Å². The molecule has 1 aliphatic carbocycles. The average Bonchev–Trinajstić information content (AvgIpc) is 3.14. The molecule has 2 aromatic rings. The van der Waals surface area contributed by atoms with Crippen molar-refractivity contribution in [1.29, 1.82) is 0 Å². The molecule has 1 aliphatic rings. The molecule has 1 aromatic carbocycles. The summed E-state index contributed by atoms with van der Waals surface area (Å²) < 4.78 is 1.83. The molecule has 0 spiro atoms. The van der Waals surface area contributed by atoms with Crippen LogP contribution in [0.25, 0.3) is 5.69 Å². The van der Waals surface area contributed by atoms with Crippen LogP contribution in [0, 0.1) is 25.7 Å². The van der Waals surface area contributed by atoms with Gasteiger partial charge in [0.25, 0.3) is 0 Å². The van der Waals surface area contributed by atoms with Crippen molar-refractivity contribution < 1.29 is 14.7 Å². The molecule has 1 heterocycles. The zero-order valence-corrected chi connectivity index (χ0v) is 13.8. The number of nitrogens with one attached hydrogen (secondary N) is 1. The van der Waals surface area contributed by atoms with E-state index in [-0.39, 0.29) is 11.8 Å². The fourth-order valence-corrected chi connectivity index (χ4v) is 3.29. The molecule has 0 unspecified atom stereocenters. The third-order valence-corrected chi connectivity index (χ3v) is 4.52. The third kappa shape index (κ3) is 3.32. The van der Waals surface area contributed by atoms with Gasteiger partial charge in [-0.05, 0) is 57.4 Å². The van der Waals surface area contributed by atoms with E-state index in [1.807, 2.05) is 48.9 Å². The van der Waals surface area contributed by atoms with Crippen LogP contribution in [-0.4, -0.2) is 26.8 Å². The Morgan fingerprint density at radius 1 is 1.21 bits per heavy atom. The van der Waals surface area contributed by atoms with E-state index in [0.717, 1.165) is 17.1 Å². The van der Waals surface area contributed by atoms with E-state index in [0.29, 0.717) is 24.9 Å². The Bertz CT molecular complexity index is 782. The van der Waals surface area contributed by atoms with Gasteiger partial charge in [-0.3, -0.25) is 9.59 Å². The van der Waals surface area contributed by atoms with Gasteiger partial charge in [-0.15, -0.1) is 0 Å². The average molecular weight is 327 g/mol. The summed E-state index contributed by atoms with van der Waals surface area (Å²) in [6, 6.07) is 9.51. The predicted molar refractivity (Wildman–Crippen MR) is 90.1 cm³/mol. The first kappa shape index (κ1) is 16.2. The van der Waals surface area contributed by atoms with Crippen molar-refractivity contribution in [3.8, 4) is 5.69 Å². The number of carbonyl (C=O) groups excluding carboxylic acids is 1. The lowest BCUT2D eigenvalue weighted by molar-refractivity contribution is -0.141. The first-order valence-corrected chi connectivity index (χ1v) is 8.11. The highest BCUT2D eigenvalue weighted by Gasteiger charge is 2.33. The minimum atomic E-state index is -0.808. The van der Waals surface area contributed by atoms with Gasteiger partial charge in [0.1, 0.15) is 0 Å². The molecule has 2 N–H and O–H groups in total. The molecule has 0 bridgehead atoms. The minimum absolute atomic E-state index is 0.107. The first-order valence-electron chi connectivity index (χ1n) is 8.11. The van der Waals surface area contributed by atoms with Crippen molar-refractivity contribution in [2.24, 2.45) is 11.8 Å². The fraction of sp³-hybridized carbons (Fsp3) is 0.389. The number of nitrogens with zero attached hydrogens (tertiary/aromatic N) is 2. The molecule has 6 heteroatoms. The summed E-state index contributed by atoms with van der Waals surface area (Å²) in [7, 11) is 0. The van der Waals surface area contributed by atoms with Crippen LogP contribution in [-0.2, 0) is 9.59 Å². The molecule has 1 aromatic heterocycles. The van der Waals surface area contributed by atoms with Crippen molar-refractivity contribution in [3.05, 3.63) is 41.7 Å². The van der Waals surface area contributed by atoms with E-state index < -0.39 is 11.9 Å². The largest absolute Gasteiger partial charge is 0.481 e. The van der Waals surface area contributed by atoms with Gasteiger partial charge >= 0.3 is 5.97 Å². The first-order chi connectivity index (χ1) is 11.4. The zero-order valence-electron chi connectivity index (χ0n) is 13.8. The summed E-state index contributed by atoms with van der Waals surface area (Å²) in [5.74, 6) is -1.55. The number of carboxylic acids is 1. The Kier molecular flexibility index (Phi) is 4.38. The zero-order chi connectivity index (χ0) is 17.3. The van der Waals surface area contributed by atoms with E-state index in [1.54, 1.807) is 0 Å². The fourth-order valence-electron chi connectivity index (χ4n) is 3.29. The number of aromatic nitrogens is 2. The lowest BCUT2D eigenvalue weighted by Crippen LogP contribution is -2.21. The molecule has 3 rings (SSSR count). The van der Waals surface area contributed by atoms with Gasteiger partial charge in [-0.1, -0.05) is 6.07 Å². The summed E-state index contributed by atoms with van der Waals surface area (Å²) in [6.45, 7) is 3.92. The molecule has 0 radical (unpaired) electrons. The molecule has 0 aliphatic heterocycles. The summed E-state index contributed by atoms with van der Waals surface area (Å²) in [5.41, 5.74) is 3.54. The van der Waals surface area contributed by atoms with E-state index >= 15 is 0 Å². The topological polar surface area (TPSA) is 84.2 Å². The third-order valence-electron chi connectivity index (χ3n) is 4.52. The van der Waals surface area contributed by atoms with Gasteiger partial charge in [0.05, 0.1) is 17.3 Å². The number of aryl methyl sites for hydroxylation is 2. The molecule has 2 atom stereocenters. The highest BCUT2D eigenvalue weighted by molar-refractivity contribution is 5.93. The van der Waals surface area contributed by atoms with Crippen LogP contribution in [0.2, 0.25) is 0 Å². The van der Waals surface area contributed by atoms with E-state index in [2.05, 4.69) is 10.4 Å². The number of carbonyl (C=O) groups is 2. The maximum atomic E-state index is 12.4. The smallest absolute Gasteiger partial charge is 0.306 e. The van der Waals surface area contributed by atoms with Gasteiger partial charge in [0, 0.05) is 17.3 Å². The maximum Gasteiger partial charge on any atom is 0.306 e. The maximum absolute atomic E-state index is 12.4. The normalized spacial score (nSPS) is 20.1. The van der Waals surface area contributed by atoms with Crippen molar-refractivity contribution in [2.45, 2.75) is 33.1 Å². The second-order valence-corrected chi connectivity index (χ2v) is 6.42. The number of rotatable bonds is 4. The molecule has 126 valence electrons. The van der Waals surface area contributed by atoms with Crippen LogP contribution < -0.4 is 5.32 Å².